The second-order valence-electron chi connectivity index (χ2n) is 4.11. The van der Waals surface area contributed by atoms with E-state index < -0.39 is 35.2 Å². The van der Waals surface area contributed by atoms with Crippen LogP contribution < -0.4 is 9.64 Å². The molecule has 0 spiro atoms. The largest absolute Gasteiger partial charge is 0.491 e. The lowest BCUT2D eigenvalue weighted by Crippen LogP contribution is -2.30. The molecule has 1 saturated heterocycles. The zero-order valence-electron chi connectivity index (χ0n) is 10.0. The molecule has 102 valence electrons. The summed E-state index contributed by atoms with van der Waals surface area (Å²) in [4.78, 5) is 23.7. The summed E-state index contributed by atoms with van der Waals surface area (Å²) in [5, 5.41) is 8.82. The van der Waals surface area contributed by atoms with E-state index in [-0.39, 0.29) is 18.7 Å². The second-order valence-corrected chi connectivity index (χ2v) is 4.11. The topological polar surface area (TPSA) is 66.8 Å². The van der Waals surface area contributed by atoms with Crippen LogP contribution in [0.3, 0.4) is 0 Å². The molecule has 0 aromatic heterocycles. The number of anilines is 1. The third-order valence-electron chi connectivity index (χ3n) is 3.00. The quantitative estimate of drug-likeness (QED) is 0.844. The molecule has 1 heterocycles. The zero-order valence-corrected chi connectivity index (χ0v) is 10.0. The average molecular weight is 271 g/mol. The Bertz CT molecular complexity index is 524. The highest BCUT2D eigenvalue weighted by Gasteiger charge is 2.38. The van der Waals surface area contributed by atoms with Crippen LogP contribution >= 0.6 is 0 Å². The second kappa shape index (κ2) is 4.83. The van der Waals surface area contributed by atoms with Crippen molar-refractivity contribution < 1.29 is 28.2 Å². The first kappa shape index (κ1) is 13.3. The van der Waals surface area contributed by atoms with Gasteiger partial charge in [-0.05, 0) is 6.42 Å². The molecule has 5 nitrogen and oxygen atoms in total. The SMILES string of the molecule is COc1c(F)cc(N2CCC(C(=O)O)C2=O)cc1F. The van der Waals surface area contributed by atoms with Gasteiger partial charge in [-0.25, -0.2) is 8.78 Å². The zero-order chi connectivity index (χ0) is 14.2. The number of aliphatic carboxylic acids is 1. The number of benzene rings is 1. The molecular weight excluding hydrogens is 260 g/mol. The normalized spacial score (nSPS) is 18.8. The highest BCUT2D eigenvalue weighted by atomic mass is 19.1. The molecule has 1 aromatic rings. The van der Waals surface area contributed by atoms with Gasteiger partial charge in [0.2, 0.25) is 5.91 Å². The molecule has 1 amide bonds. The van der Waals surface area contributed by atoms with Gasteiger partial charge in [0.25, 0.3) is 0 Å². The Hall–Kier alpha value is -2.18. The van der Waals surface area contributed by atoms with Gasteiger partial charge >= 0.3 is 5.97 Å². The highest BCUT2D eigenvalue weighted by molar-refractivity contribution is 6.07. The summed E-state index contributed by atoms with van der Waals surface area (Å²) in [5.74, 6) is -5.48. The van der Waals surface area contributed by atoms with Crippen molar-refractivity contribution in [3.8, 4) is 5.75 Å². The summed E-state index contributed by atoms with van der Waals surface area (Å²) in [7, 11) is 1.13. The maximum atomic E-state index is 13.5. The maximum Gasteiger partial charge on any atom is 0.316 e. The standard InChI is InChI=1S/C12H11F2NO4/c1-19-10-8(13)4-6(5-9(10)14)15-3-2-7(11(15)16)12(17)18/h4-5,7H,2-3H2,1H3,(H,17,18). The minimum absolute atomic E-state index is 0.00968. The number of halogens is 2. The van der Waals surface area contributed by atoms with Crippen molar-refractivity contribution in [3.05, 3.63) is 23.8 Å². The molecule has 0 aliphatic carbocycles. The van der Waals surface area contributed by atoms with Crippen molar-refractivity contribution in [3.63, 3.8) is 0 Å². The molecule has 19 heavy (non-hydrogen) atoms. The molecule has 1 aliphatic rings. The van der Waals surface area contributed by atoms with E-state index in [1.807, 2.05) is 0 Å². The molecule has 0 bridgehead atoms. The molecule has 2 rings (SSSR count). The molecule has 1 aromatic carbocycles. The highest BCUT2D eigenvalue weighted by Crippen LogP contribution is 2.31. The van der Waals surface area contributed by atoms with E-state index >= 15 is 0 Å². The number of nitrogens with zero attached hydrogens (tertiary/aromatic N) is 1. The van der Waals surface area contributed by atoms with Crippen molar-refractivity contribution in [1.82, 2.24) is 0 Å². The third-order valence-corrected chi connectivity index (χ3v) is 3.00. The Labute approximate surface area is 107 Å². The first-order chi connectivity index (χ1) is 8.95. The molecule has 0 radical (unpaired) electrons. The molecule has 7 heteroatoms. The van der Waals surface area contributed by atoms with Gasteiger partial charge in [-0.2, -0.15) is 0 Å². The summed E-state index contributed by atoms with van der Waals surface area (Å²) in [6.07, 6.45) is 0.115. The van der Waals surface area contributed by atoms with Crippen molar-refractivity contribution in [2.24, 2.45) is 5.92 Å². The number of methoxy groups -OCH3 is 1. The monoisotopic (exact) mass is 271 g/mol. The molecule has 1 aliphatic heterocycles. The summed E-state index contributed by atoms with van der Waals surface area (Å²) < 4.78 is 31.6. The first-order valence-corrected chi connectivity index (χ1v) is 5.53. The number of ether oxygens (including phenoxy) is 1. The number of carbonyl (C=O) groups excluding carboxylic acids is 1. The van der Waals surface area contributed by atoms with Crippen molar-refractivity contribution >= 4 is 17.6 Å². The lowest BCUT2D eigenvalue weighted by atomic mass is 10.1. The van der Waals surface area contributed by atoms with E-state index in [4.69, 9.17) is 5.11 Å². The van der Waals surface area contributed by atoms with E-state index in [1.54, 1.807) is 0 Å². The summed E-state index contributed by atoms with van der Waals surface area (Å²) >= 11 is 0. The van der Waals surface area contributed by atoms with Crippen LogP contribution in [-0.2, 0) is 9.59 Å². The fourth-order valence-electron chi connectivity index (χ4n) is 2.06. The number of amides is 1. The van der Waals surface area contributed by atoms with Crippen LogP contribution in [0, 0.1) is 17.6 Å². The lowest BCUT2D eigenvalue weighted by molar-refractivity contribution is -0.144. The van der Waals surface area contributed by atoms with Gasteiger partial charge < -0.3 is 14.7 Å². The third kappa shape index (κ3) is 2.23. The van der Waals surface area contributed by atoms with Crippen LogP contribution in [0.4, 0.5) is 14.5 Å². The van der Waals surface area contributed by atoms with Gasteiger partial charge in [-0.15, -0.1) is 0 Å². The molecule has 1 unspecified atom stereocenters. The molecular formula is C12H11F2NO4. The van der Waals surface area contributed by atoms with E-state index in [0.29, 0.717) is 0 Å². The van der Waals surface area contributed by atoms with Gasteiger partial charge in [0.05, 0.1) is 7.11 Å². The maximum absolute atomic E-state index is 13.5. The summed E-state index contributed by atoms with van der Waals surface area (Å²) in [6.45, 7) is 0.112. The van der Waals surface area contributed by atoms with Crippen molar-refractivity contribution in [2.75, 3.05) is 18.6 Å². The number of carboxylic acids is 1. The summed E-state index contributed by atoms with van der Waals surface area (Å²) in [6, 6.07) is 1.90. The average Bonchev–Trinajstić information content (AvgIpc) is 2.70. The lowest BCUT2D eigenvalue weighted by Gasteiger charge is -2.17. The van der Waals surface area contributed by atoms with Crippen LogP contribution in [0.15, 0.2) is 12.1 Å². The Balaban J connectivity index is 2.34. The van der Waals surface area contributed by atoms with Crippen molar-refractivity contribution in [1.29, 1.82) is 0 Å². The van der Waals surface area contributed by atoms with E-state index in [2.05, 4.69) is 4.74 Å². The Morgan fingerprint density at radius 2 is 2.00 bits per heavy atom. The van der Waals surface area contributed by atoms with Crippen LogP contribution in [-0.4, -0.2) is 30.6 Å². The fourth-order valence-corrected chi connectivity index (χ4v) is 2.06. The molecule has 1 atom stereocenters. The van der Waals surface area contributed by atoms with Gasteiger partial charge in [-0.3, -0.25) is 9.59 Å². The van der Waals surface area contributed by atoms with Crippen LogP contribution in [0.2, 0.25) is 0 Å². The number of rotatable bonds is 3. The number of carboxylic acid groups (broad SMARTS) is 1. The Kier molecular flexibility index (Phi) is 3.37. The van der Waals surface area contributed by atoms with Crippen molar-refractivity contribution in [2.45, 2.75) is 6.42 Å². The molecule has 1 N–H and O–H groups in total. The predicted octanol–water partition coefficient (Wildman–Crippen LogP) is 1.41. The van der Waals surface area contributed by atoms with Crippen LogP contribution in [0.25, 0.3) is 0 Å². The smallest absolute Gasteiger partial charge is 0.316 e. The number of hydrogen-bond acceptors (Lipinski definition) is 3. The van der Waals surface area contributed by atoms with Gasteiger partial charge in [0.1, 0.15) is 5.92 Å². The van der Waals surface area contributed by atoms with Crippen LogP contribution in [0.5, 0.6) is 5.75 Å². The van der Waals surface area contributed by atoms with E-state index in [1.165, 1.54) is 0 Å². The van der Waals surface area contributed by atoms with Gasteiger partial charge in [0.15, 0.2) is 17.4 Å². The predicted molar refractivity (Wildman–Crippen MR) is 61.0 cm³/mol. The van der Waals surface area contributed by atoms with E-state index in [0.717, 1.165) is 24.1 Å². The minimum Gasteiger partial charge on any atom is -0.491 e. The Morgan fingerprint density at radius 1 is 1.42 bits per heavy atom. The summed E-state index contributed by atoms with van der Waals surface area (Å²) in [5.41, 5.74) is -0.00968. The minimum atomic E-state index is -1.23. The van der Waals surface area contributed by atoms with Gasteiger partial charge in [0, 0.05) is 24.4 Å². The number of carbonyl (C=O) groups is 2. The molecule has 0 saturated carbocycles. The van der Waals surface area contributed by atoms with E-state index in [9.17, 15) is 18.4 Å². The Morgan fingerprint density at radius 3 is 2.42 bits per heavy atom. The first-order valence-electron chi connectivity index (χ1n) is 5.53. The van der Waals surface area contributed by atoms with Gasteiger partial charge in [-0.1, -0.05) is 0 Å². The number of hydrogen-bond donors (Lipinski definition) is 1. The fraction of sp³-hybridized carbons (Fsp3) is 0.333. The molecule has 1 fully saturated rings. The van der Waals surface area contributed by atoms with Crippen LogP contribution in [0.1, 0.15) is 6.42 Å².